The smallest absolute Gasteiger partial charge is 0.261 e. The number of nitrogens with one attached hydrogen (secondary N) is 1. The normalized spacial score (nSPS) is 10.5. The molecule has 1 heterocycles. The highest BCUT2D eigenvalue weighted by atomic mass is 35.5. The summed E-state index contributed by atoms with van der Waals surface area (Å²) in [4.78, 5) is 16.9. The SMILES string of the molecule is COc1ccc(Cl)cc1C(=O)Nc1nc(-c2ccc(Cl)cc2)cs1. The lowest BCUT2D eigenvalue weighted by atomic mass is 10.2. The molecule has 0 unspecified atom stereocenters. The highest BCUT2D eigenvalue weighted by Crippen LogP contribution is 2.28. The fourth-order valence-corrected chi connectivity index (χ4v) is 3.12. The Bertz CT molecular complexity index is 879. The first kappa shape index (κ1) is 16.8. The zero-order valence-electron chi connectivity index (χ0n) is 12.5. The van der Waals surface area contributed by atoms with Crippen LogP contribution in [-0.2, 0) is 0 Å². The minimum Gasteiger partial charge on any atom is -0.496 e. The Morgan fingerprint density at radius 3 is 2.54 bits per heavy atom. The summed E-state index contributed by atoms with van der Waals surface area (Å²) in [7, 11) is 1.50. The largest absolute Gasteiger partial charge is 0.496 e. The molecule has 24 heavy (non-hydrogen) atoms. The number of rotatable bonds is 4. The molecule has 0 radical (unpaired) electrons. The molecule has 0 aliphatic carbocycles. The van der Waals surface area contributed by atoms with Crippen LogP contribution in [-0.4, -0.2) is 18.0 Å². The highest BCUT2D eigenvalue weighted by Gasteiger charge is 2.15. The van der Waals surface area contributed by atoms with Gasteiger partial charge in [-0.1, -0.05) is 35.3 Å². The van der Waals surface area contributed by atoms with Crippen molar-refractivity contribution in [2.45, 2.75) is 0 Å². The summed E-state index contributed by atoms with van der Waals surface area (Å²) in [6.07, 6.45) is 0. The Balaban J connectivity index is 1.81. The molecular formula is C17H12Cl2N2O2S. The van der Waals surface area contributed by atoms with E-state index in [1.54, 1.807) is 30.3 Å². The van der Waals surface area contributed by atoms with E-state index in [4.69, 9.17) is 27.9 Å². The first-order chi connectivity index (χ1) is 11.6. The predicted molar refractivity (Wildman–Crippen MR) is 98.5 cm³/mol. The molecule has 1 amide bonds. The summed E-state index contributed by atoms with van der Waals surface area (Å²) in [6.45, 7) is 0. The summed E-state index contributed by atoms with van der Waals surface area (Å²) in [5, 5.41) is 6.25. The molecule has 0 saturated carbocycles. The molecule has 0 bridgehead atoms. The molecule has 0 saturated heterocycles. The summed E-state index contributed by atoms with van der Waals surface area (Å²) < 4.78 is 5.20. The number of hydrogen-bond acceptors (Lipinski definition) is 4. The van der Waals surface area contributed by atoms with Gasteiger partial charge in [0.25, 0.3) is 5.91 Å². The molecule has 0 fully saturated rings. The van der Waals surface area contributed by atoms with Gasteiger partial charge in [0.1, 0.15) is 5.75 Å². The van der Waals surface area contributed by atoms with Crippen LogP contribution in [0.2, 0.25) is 10.0 Å². The Labute approximate surface area is 153 Å². The molecule has 122 valence electrons. The zero-order valence-corrected chi connectivity index (χ0v) is 14.9. The van der Waals surface area contributed by atoms with Gasteiger partial charge in [-0.2, -0.15) is 0 Å². The zero-order chi connectivity index (χ0) is 17.1. The van der Waals surface area contributed by atoms with Crippen LogP contribution in [0.25, 0.3) is 11.3 Å². The first-order valence-corrected chi connectivity index (χ1v) is 8.57. The van der Waals surface area contributed by atoms with E-state index in [9.17, 15) is 4.79 Å². The van der Waals surface area contributed by atoms with Crippen LogP contribution in [0.15, 0.2) is 47.8 Å². The number of carbonyl (C=O) groups excluding carboxylic acids is 1. The molecule has 7 heteroatoms. The van der Waals surface area contributed by atoms with Crippen molar-refractivity contribution in [2.75, 3.05) is 12.4 Å². The molecule has 3 aromatic rings. The van der Waals surface area contributed by atoms with Crippen LogP contribution < -0.4 is 10.1 Å². The van der Waals surface area contributed by atoms with Crippen molar-refractivity contribution < 1.29 is 9.53 Å². The van der Waals surface area contributed by atoms with Crippen LogP contribution in [0.3, 0.4) is 0 Å². The van der Waals surface area contributed by atoms with Gasteiger partial charge < -0.3 is 4.74 Å². The minimum absolute atomic E-state index is 0.327. The van der Waals surface area contributed by atoms with Crippen molar-refractivity contribution in [2.24, 2.45) is 0 Å². The lowest BCUT2D eigenvalue weighted by Crippen LogP contribution is -2.13. The van der Waals surface area contributed by atoms with E-state index in [-0.39, 0.29) is 5.91 Å². The summed E-state index contributed by atoms with van der Waals surface area (Å²) in [5.74, 6) is 0.123. The maximum Gasteiger partial charge on any atom is 0.261 e. The maximum atomic E-state index is 12.4. The number of ether oxygens (including phenoxy) is 1. The molecule has 2 aromatic carbocycles. The number of anilines is 1. The molecule has 3 rings (SSSR count). The van der Waals surface area contributed by atoms with Gasteiger partial charge in [0.05, 0.1) is 18.4 Å². The third-order valence-electron chi connectivity index (χ3n) is 3.27. The number of hydrogen-bond donors (Lipinski definition) is 1. The summed E-state index contributed by atoms with van der Waals surface area (Å²) >= 11 is 13.2. The van der Waals surface area contributed by atoms with E-state index in [1.165, 1.54) is 18.4 Å². The number of thiazole rings is 1. The van der Waals surface area contributed by atoms with Crippen molar-refractivity contribution in [3.05, 3.63) is 63.5 Å². The van der Waals surface area contributed by atoms with Crippen molar-refractivity contribution in [1.82, 2.24) is 4.98 Å². The second kappa shape index (κ2) is 7.21. The maximum absolute atomic E-state index is 12.4. The lowest BCUT2D eigenvalue weighted by Gasteiger charge is -2.08. The molecule has 0 atom stereocenters. The Kier molecular flexibility index (Phi) is 5.04. The Morgan fingerprint density at radius 1 is 1.12 bits per heavy atom. The molecule has 0 spiro atoms. The molecule has 4 nitrogen and oxygen atoms in total. The summed E-state index contributed by atoms with van der Waals surface area (Å²) in [5.41, 5.74) is 2.05. The van der Waals surface area contributed by atoms with Crippen molar-refractivity contribution in [3.8, 4) is 17.0 Å². The van der Waals surface area contributed by atoms with E-state index in [2.05, 4.69) is 10.3 Å². The number of carbonyl (C=O) groups is 1. The third-order valence-corrected chi connectivity index (χ3v) is 4.52. The van der Waals surface area contributed by atoms with Gasteiger partial charge in [-0.15, -0.1) is 11.3 Å². The van der Waals surface area contributed by atoms with E-state index < -0.39 is 0 Å². The van der Waals surface area contributed by atoms with E-state index in [0.29, 0.717) is 26.5 Å². The van der Waals surface area contributed by atoms with Crippen LogP contribution in [0, 0.1) is 0 Å². The van der Waals surface area contributed by atoms with Crippen molar-refractivity contribution >= 4 is 45.6 Å². The van der Waals surface area contributed by atoms with Crippen molar-refractivity contribution in [1.29, 1.82) is 0 Å². The Hall–Kier alpha value is -2.08. The Morgan fingerprint density at radius 2 is 1.83 bits per heavy atom. The topological polar surface area (TPSA) is 51.2 Å². The van der Waals surface area contributed by atoms with Gasteiger partial charge in [0.15, 0.2) is 5.13 Å². The van der Waals surface area contributed by atoms with Gasteiger partial charge in [0.2, 0.25) is 0 Å². The van der Waals surface area contributed by atoms with Gasteiger partial charge >= 0.3 is 0 Å². The van der Waals surface area contributed by atoms with Gasteiger partial charge in [-0.05, 0) is 30.3 Å². The number of methoxy groups -OCH3 is 1. The average Bonchev–Trinajstić information content (AvgIpc) is 3.04. The molecular weight excluding hydrogens is 367 g/mol. The monoisotopic (exact) mass is 378 g/mol. The fourth-order valence-electron chi connectivity index (χ4n) is 2.11. The quantitative estimate of drug-likeness (QED) is 0.662. The molecule has 0 aliphatic heterocycles. The number of aromatic nitrogens is 1. The first-order valence-electron chi connectivity index (χ1n) is 6.93. The second-order valence-electron chi connectivity index (χ2n) is 4.84. The van der Waals surface area contributed by atoms with Gasteiger partial charge in [-0.3, -0.25) is 10.1 Å². The van der Waals surface area contributed by atoms with Crippen molar-refractivity contribution in [3.63, 3.8) is 0 Å². The number of nitrogens with zero attached hydrogens (tertiary/aromatic N) is 1. The summed E-state index contributed by atoms with van der Waals surface area (Å²) in [6, 6.07) is 12.2. The number of benzene rings is 2. The van der Waals surface area contributed by atoms with Crippen LogP contribution >= 0.6 is 34.5 Å². The van der Waals surface area contributed by atoms with E-state index >= 15 is 0 Å². The number of halogens is 2. The fraction of sp³-hybridized carbons (Fsp3) is 0.0588. The minimum atomic E-state index is -0.327. The van der Waals surface area contributed by atoms with E-state index in [0.717, 1.165) is 11.3 Å². The predicted octanol–water partition coefficient (Wildman–Crippen LogP) is 5.38. The number of amides is 1. The van der Waals surface area contributed by atoms with Crippen LogP contribution in [0.5, 0.6) is 5.75 Å². The van der Waals surface area contributed by atoms with Gasteiger partial charge in [-0.25, -0.2) is 4.98 Å². The van der Waals surface area contributed by atoms with E-state index in [1.807, 2.05) is 17.5 Å². The lowest BCUT2D eigenvalue weighted by molar-refractivity contribution is 0.102. The molecule has 1 N–H and O–H groups in total. The molecule has 1 aromatic heterocycles. The molecule has 0 aliphatic rings. The average molecular weight is 379 g/mol. The van der Waals surface area contributed by atoms with Crippen LogP contribution in [0.4, 0.5) is 5.13 Å². The highest BCUT2D eigenvalue weighted by molar-refractivity contribution is 7.14. The third kappa shape index (κ3) is 3.70. The standard InChI is InChI=1S/C17H12Cl2N2O2S/c1-23-15-7-6-12(19)8-13(15)16(22)21-17-20-14(9-24-17)10-2-4-11(18)5-3-10/h2-9H,1H3,(H,20,21,22). The van der Waals surface area contributed by atoms with Gasteiger partial charge in [0, 0.05) is 21.0 Å². The second-order valence-corrected chi connectivity index (χ2v) is 6.57. The van der Waals surface area contributed by atoms with Crippen LogP contribution in [0.1, 0.15) is 10.4 Å².